The monoisotopic (exact) mass is 554 g/mol. The average molecular weight is 555 g/mol. The number of anilines is 1. The van der Waals surface area contributed by atoms with Crippen molar-refractivity contribution in [2.75, 3.05) is 11.6 Å². The van der Waals surface area contributed by atoms with Gasteiger partial charge in [0.05, 0.1) is 33.9 Å². The highest BCUT2D eigenvalue weighted by Gasteiger charge is 2.22. The first-order chi connectivity index (χ1) is 18.0. The predicted octanol–water partition coefficient (Wildman–Crippen LogP) is 6.38. The van der Waals surface area contributed by atoms with Crippen LogP contribution in [-0.2, 0) is 27.6 Å². The van der Waals surface area contributed by atoms with Gasteiger partial charge in [0.15, 0.2) is 9.84 Å². The third-order valence-electron chi connectivity index (χ3n) is 6.13. The smallest absolute Gasteiger partial charge is 0.257 e. The molecule has 0 aliphatic rings. The van der Waals surface area contributed by atoms with Crippen molar-refractivity contribution >= 4 is 33.0 Å². The SMILES string of the molecule is Cc1c(C(=O)Nc2ccc(S(C)(=O)=O)cc2)cc(C[C@H](C)OCc2ccccc2)n1-c1ccc(F)cc1Cl. The zero-order chi connectivity index (χ0) is 27.4. The number of nitrogens with one attached hydrogen (secondary N) is 1. The Morgan fingerprint density at radius 1 is 1.05 bits per heavy atom. The summed E-state index contributed by atoms with van der Waals surface area (Å²) in [5.74, 6) is -0.828. The summed E-state index contributed by atoms with van der Waals surface area (Å²) >= 11 is 6.41. The molecule has 4 aromatic rings. The Morgan fingerprint density at radius 3 is 2.37 bits per heavy atom. The van der Waals surface area contributed by atoms with Gasteiger partial charge in [-0.05, 0) is 67.9 Å². The molecule has 0 bridgehead atoms. The zero-order valence-electron chi connectivity index (χ0n) is 21.2. The summed E-state index contributed by atoms with van der Waals surface area (Å²) < 4.78 is 45.2. The van der Waals surface area contributed by atoms with Crippen molar-refractivity contribution in [3.63, 3.8) is 0 Å². The molecule has 3 aromatic carbocycles. The molecule has 0 spiro atoms. The van der Waals surface area contributed by atoms with E-state index in [4.69, 9.17) is 16.3 Å². The van der Waals surface area contributed by atoms with Crippen LogP contribution in [0.1, 0.15) is 34.2 Å². The minimum absolute atomic E-state index is 0.163. The van der Waals surface area contributed by atoms with Crippen molar-refractivity contribution in [1.82, 2.24) is 4.57 Å². The van der Waals surface area contributed by atoms with E-state index in [1.807, 2.05) is 41.8 Å². The van der Waals surface area contributed by atoms with E-state index in [1.54, 1.807) is 19.1 Å². The van der Waals surface area contributed by atoms with Crippen molar-refractivity contribution < 1.29 is 22.3 Å². The number of rotatable bonds is 9. The van der Waals surface area contributed by atoms with Gasteiger partial charge in [-0.25, -0.2) is 12.8 Å². The van der Waals surface area contributed by atoms with Crippen molar-refractivity contribution in [2.45, 2.75) is 37.9 Å². The third-order valence-corrected chi connectivity index (χ3v) is 7.56. The molecular weight excluding hydrogens is 527 g/mol. The second-order valence-corrected chi connectivity index (χ2v) is 11.6. The lowest BCUT2D eigenvalue weighted by molar-refractivity contribution is 0.0527. The maximum absolute atomic E-state index is 13.8. The van der Waals surface area contributed by atoms with Crippen LogP contribution in [0.5, 0.6) is 0 Å². The van der Waals surface area contributed by atoms with E-state index in [0.717, 1.165) is 17.5 Å². The van der Waals surface area contributed by atoms with Crippen LogP contribution < -0.4 is 5.32 Å². The van der Waals surface area contributed by atoms with E-state index in [9.17, 15) is 17.6 Å². The molecule has 0 aliphatic carbocycles. The minimum atomic E-state index is -3.35. The van der Waals surface area contributed by atoms with E-state index in [2.05, 4.69) is 5.32 Å². The average Bonchev–Trinajstić information content (AvgIpc) is 3.18. The highest BCUT2D eigenvalue weighted by Crippen LogP contribution is 2.29. The molecule has 1 aromatic heterocycles. The van der Waals surface area contributed by atoms with Gasteiger partial charge in [-0.15, -0.1) is 0 Å². The number of halogens is 2. The Balaban J connectivity index is 1.63. The molecule has 6 nitrogen and oxygen atoms in total. The van der Waals surface area contributed by atoms with Gasteiger partial charge in [-0.3, -0.25) is 4.79 Å². The van der Waals surface area contributed by atoms with Crippen LogP contribution in [0.25, 0.3) is 5.69 Å². The van der Waals surface area contributed by atoms with E-state index >= 15 is 0 Å². The standard InChI is InChI=1S/C29H28ClFN2O4S/c1-19(37-18-21-7-5-4-6-8-21)15-24-17-26(20(2)33(24)28-14-9-22(31)16-27(28)30)29(34)32-23-10-12-25(13-11-23)38(3,35)36/h4-14,16-17,19H,15,18H2,1-3H3,(H,32,34)/t19-/m0/s1. The second-order valence-electron chi connectivity index (χ2n) is 9.13. The molecule has 198 valence electrons. The van der Waals surface area contributed by atoms with E-state index in [1.165, 1.54) is 36.4 Å². The number of aromatic nitrogens is 1. The van der Waals surface area contributed by atoms with Crippen molar-refractivity contribution in [3.8, 4) is 5.69 Å². The van der Waals surface area contributed by atoms with Gasteiger partial charge in [0.1, 0.15) is 5.82 Å². The number of hydrogen-bond acceptors (Lipinski definition) is 4. The summed E-state index contributed by atoms with van der Waals surface area (Å²) in [4.78, 5) is 13.4. The summed E-state index contributed by atoms with van der Waals surface area (Å²) in [6, 6.07) is 21.7. The van der Waals surface area contributed by atoms with Crippen molar-refractivity contribution in [2.24, 2.45) is 0 Å². The van der Waals surface area contributed by atoms with E-state index in [-0.39, 0.29) is 21.9 Å². The topological polar surface area (TPSA) is 77.4 Å². The van der Waals surface area contributed by atoms with Crippen LogP contribution in [-0.4, -0.2) is 31.3 Å². The fraction of sp³-hybridized carbons (Fsp3) is 0.207. The number of carbonyl (C=O) groups excluding carboxylic acids is 1. The number of hydrogen-bond donors (Lipinski definition) is 1. The number of nitrogens with zero attached hydrogens (tertiary/aromatic N) is 1. The summed E-state index contributed by atoms with van der Waals surface area (Å²) in [6.45, 7) is 4.18. The Morgan fingerprint density at radius 2 is 1.74 bits per heavy atom. The molecule has 0 fully saturated rings. The molecular formula is C29H28ClFN2O4S. The number of amides is 1. The number of ether oxygens (including phenoxy) is 1. The van der Waals surface area contributed by atoms with Crippen molar-refractivity contribution in [1.29, 1.82) is 0 Å². The zero-order valence-corrected chi connectivity index (χ0v) is 22.8. The Hall–Kier alpha value is -3.46. The molecule has 0 aliphatic heterocycles. The molecule has 9 heteroatoms. The number of sulfone groups is 1. The fourth-order valence-corrected chi connectivity index (χ4v) is 5.08. The summed E-state index contributed by atoms with van der Waals surface area (Å²) in [6.07, 6.45) is 1.40. The van der Waals surface area contributed by atoms with Gasteiger partial charge in [0.25, 0.3) is 5.91 Å². The van der Waals surface area contributed by atoms with E-state index < -0.39 is 15.7 Å². The van der Waals surface area contributed by atoms with Crippen LogP contribution in [0.2, 0.25) is 5.02 Å². The minimum Gasteiger partial charge on any atom is -0.373 e. The lowest BCUT2D eigenvalue weighted by Crippen LogP contribution is -2.15. The first kappa shape index (κ1) is 27.6. The molecule has 1 heterocycles. The largest absolute Gasteiger partial charge is 0.373 e. The molecule has 1 N–H and O–H groups in total. The van der Waals surface area contributed by atoms with Gasteiger partial charge in [0, 0.05) is 29.8 Å². The lowest BCUT2D eigenvalue weighted by atomic mass is 10.1. The van der Waals surface area contributed by atoms with E-state index in [0.29, 0.717) is 35.7 Å². The van der Waals surface area contributed by atoms with Gasteiger partial charge in [0.2, 0.25) is 0 Å². The van der Waals surface area contributed by atoms with Gasteiger partial charge in [-0.2, -0.15) is 0 Å². The molecule has 0 unspecified atom stereocenters. The Bertz CT molecular complexity index is 1550. The molecule has 0 radical (unpaired) electrons. The highest BCUT2D eigenvalue weighted by atomic mass is 35.5. The lowest BCUT2D eigenvalue weighted by Gasteiger charge is -2.17. The van der Waals surface area contributed by atoms with Crippen LogP contribution in [0.3, 0.4) is 0 Å². The predicted molar refractivity (Wildman–Crippen MR) is 147 cm³/mol. The summed E-state index contributed by atoms with van der Waals surface area (Å²) in [7, 11) is -3.35. The first-order valence-electron chi connectivity index (χ1n) is 12.0. The molecule has 1 atom stereocenters. The molecule has 0 saturated heterocycles. The van der Waals surface area contributed by atoms with Gasteiger partial charge in [-0.1, -0.05) is 41.9 Å². The van der Waals surface area contributed by atoms with Gasteiger partial charge < -0.3 is 14.6 Å². The first-order valence-corrected chi connectivity index (χ1v) is 14.2. The summed E-state index contributed by atoms with van der Waals surface area (Å²) in [5.41, 5.74) is 3.85. The number of carbonyl (C=O) groups is 1. The molecule has 38 heavy (non-hydrogen) atoms. The fourth-order valence-electron chi connectivity index (χ4n) is 4.20. The van der Waals surface area contributed by atoms with Crippen LogP contribution in [0.15, 0.2) is 83.8 Å². The Kier molecular flexibility index (Phi) is 8.35. The molecule has 0 saturated carbocycles. The summed E-state index contributed by atoms with van der Waals surface area (Å²) in [5, 5.41) is 3.04. The third kappa shape index (κ3) is 6.51. The van der Waals surface area contributed by atoms with Crippen LogP contribution in [0.4, 0.5) is 10.1 Å². The van der Waals surface area contributed by atoms with Crippen LogP contribution >= 0.6 is 11.6 Å². The quantitative estimate of drug-likeness (QED) is 0.260. The maximum atomic E-state index is 13.8. The number of benzene rings is 3. The second kappa shape index (κ2) is 11.5. The molecule has 4 rings (SSSR count). The van der Waals surface area contributed by atoms with Gasteiger partial charge >= 0.3 is 0 Å². The van der Waals surface area contributed by atoms with Crippen LogP contribution in [0, 0.1) is 12.7 Å². The maximum Gasteiger partial charge on any atom is 0.257 e. The normalized spacial score (nSPS) is 12.3. The highest BCUT2D eigenvalue weighted by molar-refractivity contribution is 7.90. The van der Waals surface area contributed by atoms with Crippen molar-refractivity contribution in [3.05, 3.63) is 112 Å². The molecule has 1 amide bonds. The Labute approximate surface area is 226 Å².